The van der Waals surface area contributed by atoms with Crippen molar-refractivity contribution < 1.29 is 19.4 Å². The van der Waals surface area contributed by atoms with Crippen LogP contribution in [0.3, 0.4) is 0 Å². The normalized spacial score (nSPS) is 12.6. The maximum absolute atomic E-state index is 10.4. The van der Waals surface area contributed by atoms with Crippen molar-refractivity contribution in [2.45, 2.75) is 17.8 Å². The number of aromatic nitrogens is 4. The Morgan fingerprint density at radius 3 is 2.94 bits per heavy atom. The second-order valence-corrected chi connectivity index (χ2v) is 4.08. The summed E-state index contributed by atoms with van der Waals surface area (Å²) in [6, 6.07) is 0. The van der Waals surface area contributed by atoms with Gasteiger partial charge in [0.05, 0.1) is 18.9 Å². The van der Waals surface area contributed by atoms with Crippen LogP contribution in [-0.2, 0) is 20.8 Å². The number of aliphatic carboxylic acids is 1. The number of ether oxygens (including phenoxy) is 2. The molecule has 1 aromatic rings. The number of hydrogen-bond donors (Lipinski definition) is 1. The number of nitrogens with zero attached hydrogens (tertiary/aromatic N) is 4. The number of hydrogen-bond acceptors (Lipinski definition) is 7. The molecule has 1 atom stereocenters. The zero-order chi connectivity index (χ0) is 12.7. The van der Waals surface area contributed by atoms with Gasteiger partial charge in [0.25, 0.3) is 0 Å². The molecule has 0 fully saturated rings. The maximum atomic E-state index is 10.4. The Bertz CT molecular complexity index is 359. The fourth-order valence-electron chi connectivity index (χ4n) is 1.11. The van der Waals surface area contributed by atoms with Crippen molar-refractivity contribution in [3.63, 3.8) is 0 Å². The first kappa shape index (κ1) is 13.9. The van der Waals surface area contributed by atoms with Crippen LogP contribution in [0.25, 0.3) is 0 Å². The predicted molar refractivity (Wildman–Crippen MR) is 58.8 cm³/mol. The topological polar surface area (TPSA) is 99.4 Å². The van der Waals surface area contributed by atoms with Crippen molar-refractivity contribution >= 4 is 17.7 Å². The fraction of sp³-hybridized carbons (Fsp3) is 0.750. The van der Waals surface area contributed by atoms with E-state index >= 15 is 0 Å². The van der Waals surface area contributed by atoms with Crippen molar-refractivity contribution in [3.8, 4) is 0 Å². The average Bonchev–Trinajstić information content (AvgIpc) is 2.73. The van der Waals surface area contributed by atoms with Gasteiger partial charge in [0, 0.05) is 14.2 Å². The number of carbonyl (C=O) groups is 1. The number of rotatable bonds is 8. The van der Waals surface area contributed by atoms with Crippen LogP contribution in [0, 0.1) is 0 Å². The summed E-state index contributed by atoms with van der Waals surface area (Å²) in [4.78, 5) is 10.4. The molecule has 17 heavy (non-hydrogen) atoms. The molecule has 1 unspecified atom stereocenters. The monoisotopic (exact) mass is 262 g/mol. The molecule has 0 bridgehead atoms. The highest BCUT2D eigenvalue weighted by Gasteiger charge is 2.14. The zero-order valence-electron chi connectivity index (χ0n) is 9.57. The predicted octanol–water partition coefficient (Wildman–Crippen LogP) is -0.489. The van der Waals surface area contributed by atoms with E-state index in [1.807, 2.05) is 0 Å². The molecule has 0 radical (unpaired) electrons. The van der Waals surface area contributed by atoms with Crippen molar-refractivity contribution in [1.82, 2.24) is 20.2 Å². The zero-order valence-corrected chi connectivity index (χ0v) is 10.4. The lowest BCUT2D eigenvalue weighted by Crippen LogP contribution is -2.25. The van der Waals surface area contributed by atoms with Crippen LogP contribution in [0.15, 0.2) is 5.16 Å². The highest BCUT2D eigenvalue weighted by Crippen LogP contribution is 2.13. The van der Waals surface area contributed by atoms with Gasteiger partial charge in [-0.25, -0.2) is 4.68 Å². The molecule has 8 nitrogen and oxygen atoms in total. The summed E-state index contributed by atoms with van der Waals surface area (Å²) in [5.74, 6) is -0.993. The van der Waals surface area contributed by atoms with Crippen molar-refractivity contribution in [2.75, 3.05) is 26.6 Å². The van der Waals surface area contributed by atoms with Gasteiger partial charge in [-0.3, -0.25) is 4.79 Å². The third kappa shape index (κ3) is 4.67. The fourth-order valence-corrected chi connectivity index (χ4v) is 1.72. The van der Waals surface area contributed by atoms with E-state index in [1.165, 1.54) is 4.68 Å². The molecule has 96 valence electrons. The lowest BCUT2D eigenvalue weighted by atomic mass is 10.4. The molecule has 1 rings (SSSR count). The average molecular weight is 262 g/mol. The van der Waals surface area contributed by atoms with Gasteiger partial charge in [0.2, 0.25) is 5.16 Å². The molecule has 1 aromatic heterocycles. The largest absolute Gasteiger partial charge is 0.481 e. The first-order valence-corrected chi connectivity index (χ1v) is 5.78. The van der Waals surface area contributed by atoms with E-state index in [0.29, 0.717) is 18.3 Å². The number of carboxylic acids is 1. The Morgan fingerprint density at radius 2 is 2.35 bits per heavy atom. The quantitative estimate of drug-likeness (QED) is 0.627. The Kier molecular flexibility index (Phi) is 5.87. The summed E-state index contributed by atoms with van der Waals surface area (Å²) in [7, 11) is 3.14. The first-order valence-electron chi connectivity index (χ1n) is 4.79. The van der Waals surface area contributed by atoms with Gasteiger partial charge in [0.15, 0.2) is 0 Å². The summed E-state index contributed by atoms with van der Waals surface area (Å²) in [6.07, 6.45) is -0.173. The highest BCUT2D eigenvalue weighted by molar-refractivity contribution is 7.99. The van der Waals surface area contributed by atoms with Gasteiger partial charge < -0.3 is 14.6 Å². The van der Waals surface area contributed by atoms with Crippen molar-refractivity contribution in [2.24, 2.45) is 0 Å². The lowest BCUT2D eigenvalue weighted by molar-refractivity contribution is -0.133. The molecule has 0 aromatic carbocycles. The second-order valence-electron chi connectivity index (χ2n) is 3.14. The number of methoxy groups -OCH3 is 2. The smallest absolute Gasteiger partial charge is 0.313 e. The summed E-state index contributed by atoms with van der Waals surface area (Å²) >= 11 is 1.06. The van der Waals surface area contributed by atoms with E-state index in [2.05, 4.69) is 15.5 Å². The maximum Gasteiger partial charge on any atom is 0.313 e. The molecule has 0 saturated carbocycles. The van der Waals surface area contributed by atoms with Gasteiger partial charge in [-0.1, -0.05) is 11.8 Å². The SMILES string of the molecule is COCC(Cn1nnnc1SCC(=O)O)OC. The van der Waals surface area contributed by atoms with Crippen molar-refractivity contribution in [3.05, 3.63) is 0 Å². The molecule has 0 aliphatic rings. The van der Waals surface area contributed by atoms with Crippen LogP contribution < -0.4 is 0 Å². The van der Waals surface area contributed by atoms with Crippen LogP contribution in [0.5, 0.6) is 0 Å². The van der Waals surface area contributed by atoms with E-state index < -0.39 is 5.97 Å². The van der Waals surface area contributed by atoms with Gasteiger partial charge in [-0.05, 0) is 10.4 Å². The number of carboxylic acid groups (broad SMARTS) is 1. The Labute approximate surface area is 102 Å². The number of tetrazole rings is 1. The number of thioether (sulfide) groups is 1. The minimum atomic E-state index is -0.912. The summed E-state index contributed by atoms with van der Waals surface area (Å²) in [5, 5.41) is 20.0. The Hall–Kier alpha value is -1.19. The van der Waals surface area contributed by atoms with Crippen LogP contribution in [0.2, 0.25) is 0 Å². The molecule has 0 aliphatic carbocycles. The van der Waals surface area contributed by atoms with E-state index in [-0.39, 0.29) is 11.9 Å². The van der Waals surface area contributed by atoms with Crippen LogP contribution >= 0.6 is 11.8 Å². The molecule has 1 N–H and O–H groups in total. The molecule has 1 heterocycles. The minimum absolute atomic E-state index is 0.0811. The standard InChI is InChI=1S/C8H14N4O4S/c1-15-4-6(16-2)3-12-8(9-10-11-12)17-5-7(13)14/h6H,3-5H2,1-2H3,(H,13,14). The van der Waals surface area contributed by atoms with Crippen LogP contribution in [-0.4, -0.2) is 64.0 Å². The third-order valence-corrected chi connectivity index (χ3v) is 2.83. The summed E-state index contributed by atoms with van der Waals surface area (Å²) in [6.45, 7) is 0.832. The lowest BCUT2D eigenvalue weighted by Gasteiger charge is -2.14. The van der Waals surface area contributed by atoms with Crippen molar-refractivity contribution in [1.29, 1.82) is 0 Å². The van der Waals surface area contributed by atoms with Crippen LogP contribution in [0.4, 0.5) is 0 Å². The van der Waals surface area contributed by atoms with E-state index in [1.54, 1.807) is 14.2 Å². The van der Waals surface area contributed by atoms with Gasteiger partial charge in [0.1, 0.15) is 6.10 Å². The molecular weight excluding hydrogens is 248 g/mol. The molecular formula is C8H14N4O4S. The first-order chi connectivity index (χ1) is 8.17. The van der Waals surface area contributed by atoms with Crippen LogP contribution in [0.1, 0.15) is 0 Å². The molecule has 0 saturated heterocycles. The molecule has 0 spiro atoms. The minimum Gasteiger partial charge on any atom is -0.481 e. The van der Waals surface area contributed by atoms with E-state index in [4.69, 9.17) is 14.6 Å². The van der Waals surface area contributed by atoms with Gasteiger partial charge >= 0.3 is 5.97 Å². The van der Waals surface area contributed by atoms with Gasteiger partial charge in [-0.2, -0.15) is 0 Å². The van der Waals surface area contributed by atoms with Gasteiger partial charge in [-0.15, -0.1) is 5.10 Å². The molecule has 9 heteroatoms. The third-order valence-electron chi connectivity index (χ3n) is 1.89. The second kappa shape index (κ2) is 7.20. The molecule has 0 amide bonds. The summed E-state index contributed by atoms with van der Waals surface area (Å²) in [5.41, 5.74) is 0. The Balaban J connectivity index is 2.57. The molecule has 0 aliphatic heterocycles. The summed E-state index contributed by atoms with van der Waals surface area (Å²) < 4.78 is 11.7. The Morgan fingerprint density at radius 1 is 1.59 bits per heavy atom. The van der Waals surface area contributed by atoms with E-state index in [9.17, 15) is 4.79 Å². The van der Waals surface area contributed by atoms with E-state index in [0.717, 1.165) is 11.8 Å². The highest BCUT2D eigenvalue weighted by atomic mass is 32.2.